The molecule has 23 heavy (non-hydrogen) atoms. The van der Waals surface area contributed by atoms with Gasteiger partial charge in [0.1, 0.15) is 5.76 Å². The molecule has 0 radical (unpaired) electrons. The molecule has 0 spiro atoms. The third kappa shape index (κ3) is 3.68. The lowest BCUT2D eigenvalue weighted by atomic mass is 10.1. The monoisotopic (exact) mass is 319 g/mol. The topological polar surface area (TPSA) is 65.8 Å². The highest BCUT2D eigenvalue weighted by Crippen LogP contribution is 2.23. The molecule has 0 bridgehead atoms. The lowest BCUT2D eigenvalue weighted by Crippen LogP contribution is -2.53. The summed E-state index contributed by atoms with van der Waals surface area (Å²) in [5.41, 5.74) is 0.615. The van der Waals surface area contributed by atoms with Crippen molar-refractivity contribution in [1.29, 1.82) is 0 Å². The summed E-state index contributed by atoms with van der Waals surface area (Å²) < 4.78 is 5.19. The van der Waals surface area contributed by atoms with Gasteiger partial charge < -0.3 is 19.5 Å². The van der Waals surface area contributed by atoms with Gasteiger partial charge in [-0.2, -0.15) is 0 Å². The van der Waals surface area contributed by atoms with Crippen LogP contribution >= 0.6 is 0 Å². The summed E-state index contributed by atoms with van der Waals surface area (Å²) in [6.07, 6.45) is 6.57. The summed E-state index contributed by atoms with van der Waals surface area (Å²) >= 11 is 0. The summed E-state index contributed by atoms with van der Waals surface area (Å²) in [5.74, 6) is 1.28. The first-order valence-electron chi connectivity index (χ1n) is 8.51. The van der Waals surface area contributed by atoms with Crippen LogP contribution in [0.15, 0.2) is 16.7 Å². The Kier molecular flexibility index (Phi) is 4.88. The van der Waals surface area contributed by atoms with Crippen LogP contribution in [0.3, 0.4) is 0 Å². The van der Waals surface area contributed by atoms with Crippen molar-refractivity contribution < 1.29 is 14.0 Å². The van der Waals surface area contributed by atoms with E-state index in [9.17, 15) is 9.59 Å². The van der Waals surface area contributed by atoms with Crippen molar-refractivity contribution in [3.05, 3.63) is 23.7 Å². The number of rotatable bonds is 3. The van der Waals surface area contributed by atoms with Crippen molar-refractivity contribution in [1.82, 2.24) is 15.1 Å². The maximum absolute atomic E-state index is 12.4. The number of hydrogen-bond acceptors (Lipinski definition) is 3. The van der Waals surface area contributed by atoms with Crippen LogP contribution in [0.5, 0.6) is 0 Å². The normalized spacial score (nSPS) is 19.2. The fourth-order valence-corrected chi connectivity index (χ4v) is 3.45. The third-order valence-electron chi connectivity index (χ3n) is 4.96. The number of urea groups is 1. The van der Waals surface area contributed by atoms with E-state index in [-0.39, 0.29) is 11.9 Å². The van der Waals surface area contributed by atoms with E-state index in [2.05, 4.69) is 5.32 Å². The third-order valence-corrected chi connectivity index (χ3v) is 4.96. The second-order valence-corrected chi connectivity index (χ2v) is 6.51. The highest BCUT2D eigenvalue weighted by atomic mass is 16.3. The summed E-state index contributed by atoms with van der Waals surface area (Å²) in [7, 11) is 0. The molecule has 1 N–H and O–H groups in total. The van der Waals surface area contributed by atoms with Crippen molar-refractivity contribution in [3.63, 3.8) is 0 Å². The van der Waals surface area contributed by atoms with Gasteiger partial charge in [-0.25, -0.2) is 4.79 Å². The Balaban J connectivity index is 1.45. The van der Waals surface area contributed by atoms with Gasteiger partial charge in [-0.1, -0.05) is 12.8 Å². The van der Waals surface area contributed by atoms with Crippen LogP contribution in [0, 0.1) is 12.8 Å². The number of hydrogen-bond donors (Lipinski definition) is 1. The Labute approximate surface area is 136 Å². The second kappa shape index (κ2) is 7.06. The largest absolute Gasteiger partial charge is 0.469 e. The summed E-state index contributed by atoms with van der Waals surface area (Å²) in [5, 5.41) is 3.04. The first-order chi connectivity index (χ1) is 11.1. The smallest absolute Gasteiger partial charge is 0.317 e. The summed E-state index contributed by atoms with van der Waals surface area (Å²) in [6, 6.07) is 1.71. The SMILES string of the molecule is Cc1occc1C(=O)N1CCN(C(=O)NCC2CCCC2)CC1. The molecule has 1 aromatic heterocycles. The van der Waals surface area contributed by atoms with Gasteiger partial charge in [0.2, 0.25) is 0 Å². The van der Waals surface area contributed by atoms with Crippen LogP contribution in [0.2, 0.25) is 0 Å². The first-order valence-corrected chi connectivity index (χ1v) is 8.51. The van der Waals surface area contributed by atoms with E-state index >= 15 is 0 Å². The molecule has 6 heteroatoms. The number of nitrogens with zero attached hydrogens (tertiary/aromatic N) is 2. The number of nitrogens with one attached hydrogen (secondary N) is 1. The molecule has 0 unspecified atom stereocenters. The molecule has 2 heterocycles. The fraction of sp³-hybridized carbons (Fsp3) is 0.647. The number of aryl methyl sites for hydroxylation is 1. The second-order valence-electron chi connectivity index (χ2n) is 6.51. The van der Waals surface area contributed by atoms with Crippen LogP contribution in [-0.2, 0) is 0 Å². The number of carbonyl (C=O) groups excluding carboxylic acids is 2. The van der Waals surface area contributed by atoms with Crippen LogP contribution in [0.4, 0.5) is 4.79 Å². The van der Waals surface area contributed by atoms with Gasteiger partial charge >= 0.3 is 6.03 Å². The Bertz CT molecular complexity index is 555. The number of piperazine rings is 1. The van der Waals surface area contributed by atoms with Crippen molar-refractivity contribution in [2.75, 3.05) is 32.7 Å². The lowest BCUT2D eigenvalue weighted by Gasteiger charge is -2.34. The van der Waals surface area contributed by atoms with E-state index in [0.717, 1.165) is 6.54 Å². The predicted octanol–water partition coefficient (Wildman–Crippen LogP) is 2.25. The van der Waals surface area contributed by atoms with Gasteiger partial charge in [-0.3, -0.25) is 4.79 Å². The zero-order chi connectivity index (χ0) is 16.2. The molecule has 0 aromatic carbocycles. The van der Waals surface area contributed by atoms with E-state index in [1.807, 2.05) is 0 Å². The molecule has 126 valence electrons. The van der Waals surface area contributed by atoms with Crippen molar-refractivity contribution >= 4 is 11.9 Å². The minimum atomic E-state index is -0.0118. The number of carbonyl (C=O) groups is 2. The molecule has 3 amide bonds. The van der Waals surface area contributed by atoms with Gasteiger partial charge in [-0.05, 0) is 31.7 Å². The highest BCUT2D eigenvalue weighted by Gasteiger charge is 2.26. The quantitative estimate of drug-likeness (QED) is 0.929. The predicted molar refractivity (Wildman–Crippen MR) is 86.3 cm³/mol. The van der Waals surface area contributed by atoms with E-state index in [1.54, 1.807) is 22.8 Å². The zero-order valence-electron chi connectivity index (χ0n) is 13.7. The van der Waals surface area contributed by atoms with Crippen LogP contribution in [-0.4, -0.2) is 54.5 Å². The molecule has 6 nitrogen and oxygen atoms in total. The van der Waals surface area contributed by atoms with Gasteiger partial charge in [0.25, 0.3) is 5.91 Å². The van der Waals surface area contributed by atoms with E-state index in [0.29, 0.717) is 43.4 Å². The molecular formula is C17H25N3O3. The van der Waals surface area contributed by atoms with Gasteiger partial charge in [0, 0.05) is 32.7 Å². The Hall–Kier alpha value is -1.98. The van der Waals surface area contributed by atoms with E-state index < -0.39 is 0 Å². The minimum absolute atomic E-state index is 0.00323. The number of furan rings is 1. The molecular weight excluding hydrogens is 294 g/mol. The van der Waals surface area contributed by atoms with Crippen molar-refractivity contribution in [3.8, 4) is 0 Å². The minimum Gasteiger partial charge on any atom is -0.469 e. The summed E-state index contributed by atoms with van der Waals surface area (Å²) in [6.45, 7) is 4.88. The molecule has 2 fully saturated rings. The maximum Gasteiger partial charge on any atom is 0.317 e. The molecule has 0 atom stereocenters. The van der Waals surface area contributed by atoms with E-state index in [1.165, 1.54) is 31.9 Å². The molecule has 1 aliphatic heterocycles. The lowest BCUT2D eigenvalue weighted by molar-refractivity contribution is 0.0663. The van der Waals surface area contributed by atoms with Gasteiger partial charge in [0.05, 0.1) is 11.8 Å². The Morgan fingerprint density at radius 1 is 1.17 bits per heavy atom. The van der Waals surface area contributed by atoms with Crippen LogP contribution in [0.25, 0.3) is 0 Å². The zero-order valence-corrected chi connectivity index (χ0v) is 13.7. The van der Waals surface area contributed by atoms with Crippen LogP contribution in [0.1, 0.15) is 41.8 Å². The highest BCUT2D eigenvalue weighted by molar-refractivity contribution is 5.95. The van der Waals surface area contributed by atoms with E-state index in [4.69, 9.17) is 4.42 Å². The standard InChI is InChI=1S/C17H25N3O3/c1-13-15(6-11-23-13)16(21)19-7-9-20(10-8-19)17(22)18-12-14-4-2-3-5-14/h6,11,14H,2-5,7-10,12H2,1H3,(H,18,22). The fourth-order valence-electron chi connectivity index (χ4n) is 3.45. The van der Waals surface area contributed by atoms with Gasteiger partial charge in [0.15, 0.2) is 0 Å². The Morgan fingerprint density at radius 2 is 1.83 bits per heavy atom. The number of amides is 3. The summed E-state index contributed by atoms with van der Waals surface area (Å²) in [4.78, 5) is 28.2. The van der Waals surface area contributed by atoms with Gasteiger partial charge in [-0.15, -0.1) is 0 Å². The molecule has 2 aliphatic rings. The van der Waals surface area contributed by atoms with Crippen LogP contribution < -0.4 is 5.32 Å². The maximum atomic E-state index is 12.4. The average Bonchev–Trinajstić information content (AvgIpc) is 3.23. The van der Waals surface area contributed by atoms with Crippen molar-refractivity contribution in [2.45, 2.75) is 32.6 Å². The Morgan fingerprint density at radius 3 is 2.43 bits per heavy atom. The molecule has 1 saturated carbocycles. The molecule has 1 saturated heterocycles. The average molecular weight is 319 g/mol. The van der Waals surface area contributed by atoms with Crippen molar-refractivity contribution in [2.24, 2.45) is 5.92 Å². The molecule has 3 rings (SSSR count). The molecule has 1 aliphatic carbocycles. The first kappa shape index (κ1) is 15.9. The molecule has 1 aromatic rings.